The molecule has 1 atom stereocenters. The third-order valence-corrected chi connectivity index (χ3v) is 3.16. The quantitative estimate of drug-likeness (QED) is 0.393. The number of ether oxygens (including phenoxy) is 2. The number of nitrogens with one attached hydrogen (secondary N) is 1. The van der Waals surface area contributed by atoms with E-state index in [-0.39, 0.29) is 30.2 Å². The van der Waals surface area contributed by atoms with Crippen molar-refractivity contribution in [1.29, 1.82) is 0 Å². The maximum absolute atomic E-state index is 11.7. The van der Waals surface area contributed by atoms with E-state index in [1.165, 1.54) is 12.0 Å². The van der Waals surface area contributed by atoms with Crippen LogP contribution in [0.25, 0.3) is 0 Å². The van der Waals surface area contributed by atoms with Crippen LogP contribution in [0.4, 0.5) is 0 Å². The van der Waals surface area contributed by atoms with Crippen LogP contribution in [0.3, 0.4) is 0 Å². The number of amides is 2. The molecule has 1 N–H and O–H groups in total. The van der Waals surface area contributed by atoms with Crippen molar-refractivity contribution in [1.82, 2.24) is 10.2 Å². The van der Waals surface area contributed by atoms with Gasteiger partial charge in [0.1, 0.15) is 12.6 Å². The normalized spacial score (nSPS) is 18.9. The summed E-state index contributed by atoms with van der Waals surface area (Å²) < 4.78 is 9.65. The fourth-order valence-corrected chi connectivity index (χ4v) is 2.07. The smallest absolute Gasteiger partial charge is 0.308 e. The molecule has 0 spiro atoms. The predicted octanol–water partition coefficient (Wildman–Crippen LogP) is -0.712. The van der Waals surface area contributed by atoms with Gasteiger partial charge in [0.25, 0.3) is 0 Å². The molecule has 1 aliphatic rings. The second-order valence-corrected chi connectivity index (χ2v) is 4.51. The Morgan fingerprint density at radius 2 is 2.21 bits per heavy atom. The summed E-state index contributed by atoms with van der Waals surface area (Å²) in [5.74, 6) is -1.07. The van der Waals surface area contributed by atoms with E-state index >= 15 is 0 Å². The van der Waals surface area contributed by atoms with Gasteiger partial charge >= 0.3 is 5.97 Å². The number of rotatable bonds is 6. The van der Waals surface area contributed by atoms with Gasteiger partial charge in [-0.2, -0.15) is 0 Å². The fraction of sp³-hybridized carbons (Fsp3) is 0.727. The van der Waals surface area contributed by atoms with Crippen LogP contribution in [0.15, 0.2) is 0 Å². The summed E-state index contributed by atoms with van der Waals surface area (Å²) in [7, 11) is 1.50. The topological polar surface area (TPSA) is 84.9 Å². The summed E-state index contributed by atoms with van der Waals surface area (Å²) in [5, 5.41) is 2.75. The molecule has 0 saturated carbocycles. The Kier molecular flexibility index (Phi) is 6.79. The van der Waals surface area contributed by atoms with E-state index in [1.807, 2.05) is 0 Å². The first kappa shape index (κ1) is 15.9. The van der Waals surface area contributed by atoms with Crippen molar-refractivity contribution >= 4 is 33.7 Å². The largest absolute Gasteiger partial charge is 0.463 e. The highest BCUT2D eigenvalue weighted by Gasteiger charge is 2.34. The van der Waals surface area contributed by atoms with E-state index < -0.39 is 12.0 Å². The van der Waals surface area contributed by atoms with E-state index in [1.54, 1.807) is 0 Å². The molecule has 0 radical (unpaired) electrons. The first-order chi connectivity index (χ1) is 9.10. The second-order valence-electron chi connectivity index (χ2n) is 3.94. The van der Waals surface area contributed by atoms with Crippen molar-refractivity contribution in [2.75, 3.05) is 38.7 Å². The number of hydrogen-bond donors (Lipinski definition) is 1. The van der Waals surface area contributed by atoms with Crippen molar-refractivity contribution in [2.45, 2.75) is 12.5 Å². The molecule has 0 aromatic rings. The Morgan fingerprint density at radius 3 is 2.84 bits per heavy atom. The molecule has 0 aromatic heterocycles. The van der Waals surface area contributed by atoms with Gasteiger partial charge in [0, 0.05) is 20.2 Å². The van der Waals surface area contributed by atoms with E-state index in [2.05, 4.69) is 21.2 Å². The zero-order valence-electron chi connectivity index (χ0n) is 10.7. The SMILES string of the molecule is COCCOC(=O)C[C@H]1C(=O)NCCN1C(=O)CBr. The van der Waals surface area contributed by atoms with Gasteiger partial charge in [-0.15, -0.1) is 0 Å². The molecule has 1 heterocycles. The molecule has 0 aromatic carbocycles. The molecule has 19 heavy (non-hydrogen) atoms. The van der Waals surface area contributed by atoms with Gasteiger partial charge in [0.2, 0.25) is 11.8 Å². The van der Waals surface area contributed by atoms with Crippen molar-refractivity contribution in [3.8, 4) is 0 Å². The Bertz CT molecular complexity index is 350. The Balaban J connectivity index is 2.57. The number of esters is 1. The minimum atomic E-state index is -0.797. The summed E-state index contributed by atoms with van der Waals surface area (Å²) in [6.45, 7) is 1.22. The molecule has 1 rings (SSSR count). The number of piperazine rings is 1. The number of halogens is 1. The number of hydrogen-bond acceptors (Lipinski definition) is 5. The molecular formula is C11H17BrN2O5. The minimum absolute atomic E-state index is 0.121. The van der Waals surface area contributed by atoms with E-state index in [9.17, 15) is 14.4 Å². The van der Waals surface area contributed by atoms with Gasteiger partial charge < -0.3 is 19.7 Å². The van der Waals surface area contributed by atoms with Gasteiger partial charge in [-0.1, -0.05) is 15.9 Å². The van der Waals surface area contributed by atoms with Gasteiger partial charge in [0.05, 0.1) is 18.4 Å². The van der Waals surface area contributed by atoms with Gasteiger partial charge in [-0.05, 0) is 0 Å². The molecule has 1 fully saturated rings. The Labute approximate surface area is 119 Å². The average molecular weight is 337 g/mol. The Morgan fingerprint density at radius 1 is 1.47 bits per heavy atom. The lowest BCUT2D eigenvalue weighted by atomic mass is 10.1. The van der Waals surface area contributed by atoms with Gasteiger partial charge in [0.15, 0.2) is 0 Å². The summed E-state index contributed by atoms with van der Waals surface area (Å²) in [6, 6.07) is -0.797. The van der Waals surface area contributed by atoms with Crippen LogP contribution in [0, 0.1) is 0 Å². The number of methoxy groups -OCH3 is 1. The standard InChI is InChI=1S/C11H17BrN2O5/c1-18-4-5-19-10(16)6-8-11(17)13-2-3-14(8)9(15)7-12/h8H,2-7H2,1H3,(H,13,17)/t8-/m0/s1. The van der Waals surface area contributed by atoms with Crippen LogP contribution < -0.4 is 5.32 Å². The number of nitrogens with zero attached hydrogens (tertiary/aromatic N) is 1. The average Bonchev–Trinajstić information content (AvgIpc) is 2.40. The van der Waals surface area contributed by atoms with E-state index in [4.69, 9.17) is 9.47 Å². The van der Waals surface area contributed by atoms with Crippen LogP contribution in [0.5, 0.6) is 0 Å². The van der Waals surface area contributed by atoms with Crippen LogP contribution in [0.2, 0.25) is 0 Å². The highest BCUT2D eigenvalue weighted by molar-refractivity contribution is 9.09. The zero-order valence-corrected chi connectivity index (χ0v) is 12.3. The van der Waals surface area contributed by atoms with E-state index in [0.29, 0.717) is 19.7 Å². The van der Waals surface area contributed by atoms with Crippen LogP contribution in [-0.4, -0.2) is 67.5 Å². The second kappa shape index (κ2) is 8.11. The van der Waals surface area contributed by atoms with Crippen molar-refractivity contribution in [3.63, 3.8) is 0 Å². The minimum Gasteiger partial charge on any atom is -0.463 e. The molecule has 0 bridgehead atoms. The highest BCUT2D eigenvalue weighted by Crippen LogP contribution is 2.11. The molecule has 8 heteroatoms. The highest BCUT2D eigenvalue weighted by atomic mass is 79.9. The molecule has 2 amide bonds. The summed E-state index contributed by atoms with van der Waals surface area (Å²) in [6.07, 6.45) is -0.145. The molecule has 0 unspecified atom stereocenters. The van der Waals surface area contributed by atoms with Crippen molar-refractivity contribution in [2.24, 2.45) is 0 Å². The molecule has 0 aliphatic carbocycles. The van der Waals surface area contributed by atoms with E-state index in [0.717, 1.165) is 0 Å². The number of alkyl halides is 1. The third-order valence-electron chi connectivity index (χ3n) is 2.68. The zero-order chi connectivity index (χ0) is 14.3. The predicted molar refractivity (Wildman–Crippen MR) is 69.8 cm³/mol. The summed E-state index contributed by atoms with van der Waals surface area (Å²) in [4.78, 5) is 36.4. The maximum Gasteiger partial charge on any atom is 0.308 e. The monoisotopic (exact) mass is 336 g/mol. The summed E-state index contributed by atoms with van der Waals surface area (Å²) in [5.41, 5.74) is 0. The van der Waals surface area contributed by atoms with Crippen LogP contribution in [0.1, 0.15) is 6.42 Å². The first-order valence-corrected chi connectivity index (χ1v) is 7.00. The first-order valence-electron chi connectivity index (χ1n) is 5.87. The molecule has 1 saturated heterocycles. The molecular weight excluding hydrogens is 320 g/mol. The van der Waals surface area contributed by atoms with Crippen molar-refractivity contribution < 1.29 is 23.9 Å². The number of carbonyl (C=O) groups excluding carboxylic acids is 3. The van der Waals surface area contributed by atoms with Crippen molar-refractivity contribution in [3.05, 3.63) is 0 Å². The number of carbonyl (C=O) groups is 3. The fourth-order valence-electron chi connectivity index (χ4n) is 1.75. The lowest BCUT2D eigenvalue weighted by Gasteiger charge is -2.34. The molecule has 108 valence electrons. The molecule has 7 nitrogen and oxygen atoms in total. The lowest BCUT2D eigenvalue weighted by Crippen LogP contribution is -2.58. The van der Waals surface area contributed by atoms with Gasteiger partial charge in [-0.25, -0.2) is 0 Å². The van der Waals surface area contributed by atoms with Crippen LogP contribution >= 0.6 is 15.9 Å². The van der Waals surface area contributed by atoms with Crippen LogP contribution in [-0.2, 0) is 23.9 Å². The third kappa shape index (κ3) is 4.79. The summed E-state index contributed by atoms with van der Waals surface area (Å²) >= 11 is 3.06. The molecule has 1 aliphatic heterocycles. The maximum atomic E-state index is 11.7. The Hall–Kier alpha value is -1.15. The van der Waals surface area contributed by atoms with Gasteiger partial charge in [-0.3, -0.25) is 14.4 Å². The lowest BCUT2D eigenvalue weighted by molar-refractivity contribution is -0.152.